The van der Waals surface area contributed by atoms with E-state index in [9.17, 15) is 4.79 Å². The number of carbonyl (C=O) groups is 1. The monoisotopic (exact) mass is 304 g/mol. The number of thioether (sulfide) groups is 2. The third-order valence-electron chi connectivity index (χ3n) is 3.13. The molecule has 2 atom stereocenters. The van der Waals surface area contributed by atoms with Crippen LogP contribution in [0.5, 0.6) is 0 Å². The van der Waals surface area contributed by atoms with Crippen LogP contribution in [0.25, 0.3) is 0 Å². The summed E-state index contributed by atoms with van der Waals surface area (Å²) in [7, 11) is 0. The quantitative estimate of drug-likeness (QED) is 0.714. The standard InChI is InChI=1S/C10H18O2S.C5H10S/c1-10(2,3)12-9(11)5-4-8-6-7-13-8;1-2-5-3-4-6-5/h8H,4-7H2,1-3H3;5H,2-4H2,1H3. The predicted molar refractivity (Wildman–Crippen MR) is 87.1 cm³/mol. The van der Waals surface area contributed by atoms with Gasteiger partial charge in [-0.05, 0) is 58.0 Å². The molecule has 2 saturated heterocycles. The van der Waals surface area contributed by atoms with Crippen molar-refractivity contribution in [2.45, 2.75) is 75.9 Å². The average Bonchev–Trinajstić information content (AvgIpc) is 2.11. The molecule has 0 aromatic heterocycles. The van der Waals surface area contributed by atoms with E-state index in [0.717, 1.165) is 11.7 Å². The van der Waals surface area contributed by atoms with Crippen molar-refractivity contribution >= 4 is 29.5 Å². The van der Waals surface area contributed by atoms with E-state index in [1.807, 2.05) is 32.5 Å². The Kier molecular flexibility index (Phi) is 7.66. The Morgan fingerprint density at radius 2 is 1.68 bits per heavy atom. The van der Waals surface area contributed by atoms with Crippen molar-refractivity contribution in [1.82, 2.24) is 0 Å². The molecule has 19 heavy (non-hydrogen) atoms. The Balaban J connectivity index is 0.000000250. The molecule has 2 aliphatic heterocycles. The second kappa shape index (κ2) is 8.46. The zero-order valence-electron chi connectivity index (χ0n) is 12.7. The topological polar surface area (TPSA) is 26.3 Å². The molecule has 0 saturated carbocycles. The van der Waals surface area contributed by atoms with Crippen LogP contribution < -0.4 is 0 Å². The second-order valence-electron chi connectivity index (χ2n) is 6.10. The zero-order valence-corrected chi connectivity index (χ0v) is 14.4. The molecule has 2 unspecified atom stereocenters. The van der Waals surface area contributed by atoms with Crippen molar-refractivity contribution in [2.75, 3.05) is 11.5 Å². The Hall–Kier alpha value is 0.170. The minimum absolute atomic E-state index is 0.0556. The maximum Gasteiger partial charge on any atom is 0.306 e. The molecule has 0 aromatic carbocycles. The second-order valence-corrected chi connectivity index (χ2v) is 8.91. The van der Waals surface area contributed by atoms with E-state index < -0.39 is 0 Å². The molecule has 0 amide bonds. The van der Waals surface area contributed by atoms with Gasteiger partial charge in [0.1, 0.15) is 5.60 Å². The van der Waals surface area contributed by atoms with Crippen molar-refractivity contribution in [3.05, 3.63) is 0 Å². The first-order valence-corrected chi connectivity index (χ1v) is 9.45. The number of carbonyl (C=O) groups excluding carboxylic acids is 1. The van der Waals surface area contributed by atoms with Gasteiger partial charge in [-0.25, -0.2) is 0 Å². The van der Waals surface area contributed by atoms with Gasteiger partial charge in [0.25, 0.3) is 0 Å². The Morgan fingerprint density at radius 1 is 1.16 bits per heavy atom. The smallest absolute Gasteiger partial charge is 0.306 e. The number of esters is 1. The summed E-state index contributed by atoms with van der Waals surface area (Å²) in [4.78, 5) is 11.3. The molecule has 0 radical (unpaired) electrons. The van der Waals surface area contributed by atoms with Crippen LogP contribution in [0.4, 0.5) is 0 Å². The van der Waals surface area contributed by atoms with Gasteiger partial charge in [-0.15, -0.1) is 0 Å². The minimum atomic E-state index is -0.330. The van der Waals surface area contributed by atoms with Crippen LogP contribution in [0.15, 0.2) is 0 Å². The molecule has 0 aliphatic carbocycles. The highest BCUT2D eigenvalue weighted by Gasteiger charge is 2.21. The summed E-state index contributed by atoms with van der Waals surface area (Å²) < 4.78 is 5.21. The van der Waals surface area contributed by atoms with E-state index in [1.165, 1.54) is 30.8 Å². The molecule has 2 aliphatic rings. The fourth-order valence-corrected chi connectivity index (χ4v) is 3.45. The van der Waals surface area contributed by atoms with Gasteiger partial charge in [0, 0.05) is 16.9 Å². The normalized spacial score (nSPS) is 25.5. The summed E-state index contributed by atoms with van der Waals surface area (Å²) in [5.74, 6) is 2.62. The molecular formula is C15H28O2S2. The van der Waals surface area contributed by atoms with Crippen molar-refractivity contribution in [3.63, 3.8) is 0 Å². The number of hydrogen-bond donors (Lipinski definition) is 0. The van der Waals surface area contributed by atoms with Gasteiger partial charge in [-0.2, -0.15) is 23.5 Å². The molecule has 112 valence electrons. The summed E-state index contributed by atoms with van der Waals surface area (Å²) >= 11 is 4.06. The average molecular weight is 305 g/mol. The first kappa shape index (κ1) is 17.2. The van der Waals surface area contributed by atoms with E-state index in [1.54, 1.807) is 0 Å². The predicted octanol–water partition coefficient (Wildman–Crippen LogP) is 4.52. The molecule has 0 N–H and O–H groups in total. The van der Waals surface area contributed by atoms with Gasteiger partial charge < -0.3 is 4.74 Å². The highest BCUT2D eigenvalue weighted by atomic mass is 32.2. The maximum absolute atomic E-state index is 11.3. The molecule has 2 fully saturated rings. The Labute approximate surface area is 126 Å². The zero-order chi connectivity index (χ0) is 14.3. The molecule has 2 nitrogen and oxygen atoms in total. The molecule has 2 heterocycles. The molecule has 4 heteroatoms. The van der Waals surface area contributed by atoms with Crippen LogP contribution in [0.2, 0.25) is 0 Å². The summed E-state index contributed by atoms with van der Waals surface area (Å²) in [5, 5.41) is 1.75. The van der Waals surface area contributed by atoms with Crippen molar-refractivity contribution in [1.29, 1.82) is 0 Å². The van der Waals surface area contributed by atoms with E-state index in [0.29, 0.717) is 11.7 Å². The number of hydrogen-bond acceptors (Lipinski definition) is 4. The van der Waals surface area contributed by atoms with Crippen LogP contribution in [0, 0.1) is 0 Å². The van der Waals surface area contributed by atoms with Gasteiger partial charge in [0.05, 0.1) is 0 Å². The van der Waals surface area contributed by atoms with Crippen LogP contribution in [-0.4, -0.2) is 33.6 Å². The third kappa shape index (κ3) is 8.13. The van der Waals surface area contributed by atoms with E-state index >= 15 is 0 Å². The van der Waals surface area contributed by atoms with Crippen LogP contribution in [0.1, 0.15) is 59.8 Å². The van der Waals surface area contributed by atoms with Crippen LogP contribution in [-0.2, 0) is 9.53 Å². The number of rotatable bonds is 4. The molecule has 0 spiro atoms. The van der Waals surface area contributed by atoms with Gasteiger partial charge in [0.2, 0.25) is 0 Å². The lowest BCUT2D eigenvalue weighted by Crippen LogP contribution is -2.25. The van der Waals surface area contributed by atoms with Crippen molar-refractivity contribution < 1.29 is 9.53 Å². The highest BCUT2D eigenvalue weighted by Crippen LogP contribution is 2.31. The van der Waals surface area contributed by atoms with Crippen molar-refractivity contribution in [3.8, 4) is 0 Å². The summed E-state index contributed by atoms with van der Waals surface area (Å²) in [6.07, 6.45) is 5.69. The van der Waals surface area contributed by atoms with Gasteiger partial charge in [0.15, 0.2) is 0 Å². The van der Waals surface area contributed by atoms with E-state index in [2.05, 4.69) is 18.7 Å². The van der Waals surface area contributed by atoms with Crippen molar-refractivity contribution in [2.24, 2.45) is 0 Å². The lowest BCUT2D eigenvalue weighted by molar-refractivity contribution is -0.154. The van der Waals surface area contributed by atoms with E-state index in [4.69, 9.17) is 4.74 Å². The SMILES string of the molecule is CC(C)(C)OC(=O)CCC1CCS1.CCC1CCS1. The molecule has 2 rings (SSSR count). The first-order chi connectivity index (χ1) is 8.90. The molecule has 0 bridgehead atoms. The Morgan fingerprint density at radius 3 is 1.95 bits per heavy atom. The lowest BCUT2D eigenvalue weighted by Gasteiger charge is -2.25. The summed E-state index contributed by atoms with van der Waals surface area (Å²) in [5.41, 5.74) is -0.330. The fraction of sp³-hybridized carbons (Fsp3) is 0.933. The largest absolute Gasteiger partial charge is 0.460 e. The molecule has 0 aromatic rings. The lowest BCUT2D eigenvalue weighted by atomic mass is 10.1. The van der Waals surface area contributed by atoms with Gasteiger partial charge >= 0.3 is 5.97 Å². The maximum atomic E-state index is 11.3. The summed E-state index contributed by atoms with van der Waals surface area (Å²) in [6.45, 7) is 7.98. The van der Waals surface area contributed by atoms with Crippen LogP contribution >= 0.6 is 23.5 Å². The number of ether oxygens (including phenoxy) is 1. The van der Waals surface area contributed by atoms with E-state index in [-0.39, 0.29) is 11.6 Å². The highest BCUT2D eigenvalue weighted by molar-refractivity contribution is 8.01. The van der Waals surface area contributed by atoms with Gasteiger partial charge in [-0.3, -0.25) is 4.79 Å². The Bertz CT molecular complexity index is 263. The first-order valence-electron chi connectivity index (χ1n) is 7.35. The third-order valence-corrected chi connectivity index (χ3v) is 6.06. The minimum Gasteiger partial charge on any atom is -0.460 e. The van der Waals surface area contributed by atoms with Crippen LogP contribution in [0.3, 0.4) is 0 Å². The summed E-state index contributed by atoms with van der Waals surface area (Å²) in [6, 6.07) is 0. The fourth-order valence-electron chi connectivity index (χ4n) is 1.79. The van der Waals surface area contributed by atoms with Gasteiger partial charge in [-0.1, -0.05) is 6.92 Å². The molecular weight excluding hydrogens is 276 g/mol.